The van der Waals surface area contributed by atoms with E-state index in [0.29, 0.717) is 12.1 Å². The molecule has 2 heterocycles. The predicted molar refractivity (Wildman–Crippen MR) is 169 cm³/mol. The van der Waals surface area contributed by atoms with Gasteiger partial charge < -0.3 is 15.2 Å². The van der Waals surface area contributed by atoms with Crippen LogP contribution in [-0.2, 0) is 11.2 Å². The number of aryl methyl sites for hydroxylation is 1. The minimum absolute atomic E-state index is 0.0458. The quantitative estimate of drug-likeness (QED) is 0.198. The first-order valence-corrected chi connectivity index (χ1v) is 14.9. The number of H-pyrrole nitrogens is 1. The summed E-state index contributed by atoms with van der Waals surface area (Å²) in [4.78, 5) is 33.9. The number of carbonyl (C=O) groups is 2. The van der Waals surface area contributed by atoms with Crippen LogP contribution in [0.15, 0.2) is 103 Å². The van der Waals surface area contributed by atoms with Crippen molar-refractivity contribution >= 4 is 22.7 Å². The Kier molecular flexibility index (Phi) is 7.66. The molecule has 5 aromatic rings. The third kappa shape index (κ3) is 5.00. The van der Waals surface area contributed by atoms with E-state index in [4.69, 9.17) is 0 Å². The topological polar surface area (TPSA) is 65.2 Å². The Bertz CT molecular complexity index is 1720. The zero-order valence-corrected chi connectivity index (χ0v) is 24.4. The van der Waals surface area contributed by atoms with Crippen LogP contribution in [0.25, 0.3) is 22.2 Å². The highest BCUT2D eigenvalue weighted by atomic mass is 16.2. The number of nitrogens with one attached hydrogen (secondary N) is 2. The number of nitrogens with zero attached hydrogens (tertiary/aromatic N) is 1. The van der Waals surface area contributed by atoms with Gasteiger partial charge >= 0.3 is 0 Å². The summed E-state index contributed by atoms with van der Waals surface area (Å²) in [5, 5.41) is 4.24. The van der Waals surface area contributed by atoms with Crippen LogP contribution >= 0.6 is 0 Å². The molecule has 0 bridgehead atoms. The fraction of sp³-hybridized carbons (Fsp3) is 0.243. The van der Waals surface area contributed by atoms with E-state index in [2.05, 4.69) is 79.6 Å². The highest BCUT2D eigenvalue weighted by Gasteiger charge is 2.47. The summed E-state index contributed by atoms with van der Waals surface area (Å²) >= 11 is 0. The second-order valence-corrected chi connectivity index (χ2v) is 11.4. The van der Waals surface area contributed by atoms with Crippen molar-refractivity contribution in [3.8, 4) is 11.3 Å². The van der Waals surface area contributed by atoms with Crippen LogP contribution in [0.5, 0.6) is 0 Å². The molecule has 42 heavy (non-hydrogen) atoms. The lowest BCUT2D eigenvalue weighted by Crippen LogP contribution is -2.52. The molecule has 6 rings (SSSR count). The lowest BCUT2D eigenvalue weighted by molar-refractivity contribution is -0.127. The second-order valence-electron chi connectivity index (χ2n) is 11.4. The number of benzene rings is 4. The van der Waals surface area contributed by atoms with E-state index >= 15 is 0 Å². The number of hydrogen-bond donors (Lipinski definition) is 2. The number of amides is 2. The minimum Gasteiger partial charge on any atom is -0.354 e. The molecule has 4 aromatic carbocycles. The highest BCUT2D eigenvalue weighted by molar-refractivity contribution is 6.04. The number of hydrogen-bond acceptors (Lipinski definition) is 2. The van der Waals surface area contributed by atoms with Gasteiger partial charge in [-0.2, -0.15) is 0 Å². The molecule has 1 aliphatic rings. The van der Waals surface area contributed by atoms with Crippen molar-refractivity contribution in [2.45, 2.75) is 45.7 Å². The van der Waals surface area contributed by atoms with Gasteiger partial charge in [-0.05, 0) is 48.1 Å². The smallest absolute Gasteiger partial charge is 0.255 e. The standard InChI is InChI=1S/C37H37N3O2/c1-4-25(3)34(36(41)38-23-22-26-12-6-5-7-13-26)40-35(28-14-8-9-15-29(28)37(40)42)32-30-16-10-11-17-31(30)39-33(32)27-20-18-24(2)19-21-27/h5-21,25,34-35,39H,4,22-23H2,1-3H3,(H,38,41). The van der Waals surface area contributed by atoms with Gasteiger partial charge in [0.1, 0.15) is 6.04 Å². The zero-order chi connectivity index (χ0) is 29.2. The molecule has 3 unspecified atom stereocenters. The summed E-state index contributed by atoms with van der Waals surface area (Å²) < 4.78 is 0. The van der Waals surface area contributed by atoms with Crippen molar-refractivity contribution < 1.29 is 9.59 Å². The summed E-state index contributed by atoms with van der Waals surface area (Å²) in [7, 11) is 0. The van der Waals surface area contributed by atoms with E-state index in [1.807, 2.05) is 59.5 Å². The minimum atomic E-state index is -0.629. The molecule has 0 aliphatic carbocycles. The first-order chi connectivity index (χ1) is 20.5. The van der Waals surface area contributed by atoms with Gasteiger partial charge in [0.05, 0.1) is 11.7 Å². The third-order valence-corrected chi connectivity index (χ3v) is 8.67. The molecule has 0 radical (unpaired) electrons. The van der Waals surface area contributed by atoms with E-state index in [1.165, 1.54) is 11.1 Å². The fourth-order valence-corrected chi connectivity index (χ4v) is 6.27. The Balaban J connectivity index is 1.47. The van der Waals surface area contributed by atoms with Crippen molar-refractivity contribution in [2.24, 2.45) is 5.92 Å². The summed E-state index contributed by atoms with van der Waals surface area (Å²) in [6.07, 6.45) is 1.50. The number of fused-ring (bicyclic) bond motifs is 2. The molecule has 5 nitrogen and oxygen atoms in total. The molecular formula is C37H37N3O2. The van der Waals surface area contributed by atoms with Gasteiger partial charge in [-0.1, -0.05) is 117 Å². The number of carbonyl (C=O) groups excluding carboxylic acids is 2. The average Bonchev–Trinajstić information content (AvgIpc) is 3.53. The molecular weight excluding hydrogens is 518 g/mol. The molecule has 0 saturated carbocycles. The van der Waals surface area contributed by atoms with Crippen molar-refractivity contribution in [1.29, 1.82) is 0 Å². The van der Waals surface area contributed by atoms with Gasteiger partial charge in [0.25, 0.3) is 5.91 Å². The first kappa shape index (κ1) is 27.5. The van der Waals surface area contributed by atoms with E-state index in [0.717, 1.165) is 46.1 Å². The highest BCUT2D eigenvalue weighted by Crippen LogP contribution is 2.47. The van der Waals surface area contributed by atoms with Crippen LogP contribution in [0.3, 0.4) is 0 Å². The van der Waals surface area contributed by atoms with Gasteiger partial charge in [-0.15, -0.1) is 0 Å². The zero-order valence-electron chi connectivity index (χ0n) is 24.4. The SMILES string of the molecule is CCC(C)C(C(=O)NCCc1ccccc1)N1C(=O)c2ccccc2C1c1c(-c2ccc(C)cc2)[nH]c2ccccc12. The maximum atomic E-state index is 14.3. The summed E-state index contributed by atoms with van der Waals surface area (Å²) in [5.41, 5.74) is 8.01. The lowest BCUT2D eigenvalue weighted by Gasteiger charge is -2.36. The summed E-state index contributed by atoms with van der Waals surface area (Å²) in [6, 6.07) is 33.6. The normalized spacial score (nSPS) is 15.9. The van der Waals surface area contributed by atoms with Crippen LogP contribution in [0, 0.1) is 12.8 Å². The molecule has 2 amide bonds. The van der Waals surface area contributed by atoms with Gasteiger partial charge in [0.2, 0.25) is 5.91 Å². The molecule has 2 N–H and O–H groups in total. The second kappa shape index (κ2) is 11.7. The Labute approximate surface area is 247 Å². The lowest BCUT2D eigenvalue weighted by atomic mass is 9.90. The molecule has 212 valence electrons. The molecule has 0 saturated heterocycles. The van der Waals surface area contributed by atoms with E-state index in [-0.39, 0.29) is 17.7 Å². The maximum Gasteiger partial charge on any atom is 0.255 e. The van der Waals surface area contributed by atoms with Crippen LogP contribution in [0.2, 0.25) is 0 Å². The molecule has 3 atom stereocenters. The van der Waals surface area contributed by atoms with E-state index in [1.54, 1.807) is 0 Å². The van der Waals surface area contributed by atoms with E-state index in [9.17, 15) is 9.59 Å². The first-order valence-electron chi connectivity index (χ1n) is 14.9. The molecule has 1 aliphatic heterocycles. The van der Waals surface area contributed by atoms with Gasteiger partial charge in [0.15, 0.2) is 0 Å². The number of para-hydroxylation sites is 1. The number of aromatic nitrogens is 1. The Morgan fingerprint density at radius 3 is 2.36 bits per heavy atom. The average molecular weight is 556 g/mol. The molecule has 0 fully saturated rings. The molecule has 0 spiro atoms. The van der Waals surface area contributed by atoms with Gasteiger partial charge in [-0.3, -0.25) is 9.59 Å². The maximum absolute atomic E-state index is 14.3. The monoisotopic (exact) mass is 555 g/mol. The van der Waals surface area contributed by atoms with Gasteiger partial charge in [0, 0.05) is 28.6 Å². The van der Waals surface area contributed by atoms with Crippen molar-refractivity contribution in [2.75, 3.05) is 6.54 Å². The van der Waals surface area contributed by atoms with Crippen molar-refractivity contribution in [3.05, 3.63) is 131 Å². The van der Waals surface area contributed by atoms with Gasteiger partial charge in [-0.25, -0.2) is 0 Å². The van der Waals surface area contributed by atoms with Crippen molar-refractivity contribution in [3.63, 3.8) is 0 Å². The van der Waals surface area contributed by atoms with E-state index < -0.39 is 12.1 Å². The largest absolute Gasteiger partial charge is 0.354 e. The van der Waals surface area contributed by atoms with Crippen LogP contribution < -0.4 is 5.32 Å². The predicted octanol–water partition coefficient (Wildman–Crippen LogP) is 7.46. The Hall–Kier alpha value is -4.64. The van der Waals surface area contributed by atoms with Crippen molar-refractivity contribution in [1.82, 2.24) is 15.2 Å². The third-order valence-electron chi connectivity index (χ3n) is 8.67. The number of aromatic amines is 1. The van der Waals surface area contributed by atoms with Crippen LogP contribution in [-0.4, -0.2) is 34.3 Å². The Morgan fingerprint density at radius 1 is 0.905 bits per heavy atom. The van der Waals surface area contributed by atoms with Crippen LogP contribution in [0.4, 0.5) is 0 Å². The Morgan fingerprint density at radius 2 is 1.60 bits per heavy atom. The fourth-order valence-electron chi connectivity index (χ4n) is 6.27. The molecule has 5 heteroatoms. The number of rotatable bonds is 9. The van der Waals surface area contributed by atoms with Crippen LogP contribution in [0.1, 0.15) is 58.9 Å². The molecule has 1 aromatic heterocycles. The summed E-state index contributed by atoms with van der Waals surface area (Å²) in [6.45, 7) is 6.75. The summed E-state index contributed by atoms with van der Waals surface area (Å²) in [5.74, 6) is -0.252.